The molecule has 1 N–H and O–H groups in total. The van der Waals surface area contributed by atoms with Crippen LogP contribution in [0.4, 0.5) is 0 Å². The predicted molar refractivity (Wildman–Crippen MR) is 71.8 cm³/mol. The van der Waals surface area contributed by atoms with E-state index >= 15 is 0 Å². The number of halogens is 1. The van der Waals surface area contributed by atoms with E-state index in [9.17, 15) is 4.79 Å². The van der Waals surface area contributed by atoms with Crippen LogP contribution < -0.4 is 0 Å². The van der Waals surface area contributed by atoms with Crippen molar-refractivity contribution in [2.24, 2.45) is 0 Å². The van der Waals surface area contributed by atoms with Gasteiger partial charge in [0.15, 0.2) is 5.69 Å². The molecule has 0 unspecified atom stereocenters. The first-order valence-corrected chi connectivity index (χ1v) is 6.95. The lowest BCUT2D eigenvalue weighted by Gasteiger charge is -2.01. The van der Waals surface area contributed by atoms with Gasteiger partial charge in [0.25, 0.3) is 0 Å². The Morgan fingerprint density at radius 2 is 2.33 bits per heavy atom. The van der Waals surface area contributed by atoms with Gasteiger partial charge in [0.2, 0.25) is 0 Å². The Morgan fingerprint density at radius 1 is 1.50 bits per heavy atom. The van der Waals surface area contributed by atoms with E-state index in [4.69, 9.17) is 5.11 Å². The molecule has 1 heterocycles. The molecule has 7 heteroatoms. The molecule has 0 saturated heterocycles. The van der Waals surface area contributed by atoms with Gasteiger partial charge in [-0.3, -0.25) is 4.68 Å². The van der Waals surface area contributed by atoms with Crippen LogP contribution in [0.2, 0.25) is 0 Å². The van der Waals surface area contributed by atoms with Crippen molar-refractivity contribution in [1.82, 2.24) is 15.0 Å². The summed E-state index contributed by atoms with van der Waals surface area (Å²) in [6.45, 7) is 0.622. The van der Waals surface area contributed by atoms with E-state index in [1.165, 1.54) is 10.9 Å². The molecule has 0 saturated carbocycles. The highest BCUT2D eigenvalue weighted by Crippen LogP contribution is 2.21. The first-order chi connectivity index (χ1) is 8.65. The summed E-state index contributed by atoms with van der Waals surface area (Å²) in [4.78, 5) is 11.8. The fourth-order valence-electron chi connectivity index (χ4n) is 1.32. The topological polar surface area (TPSA) is 68.0 Å². The maximum Gasteiger partial charge on any atom is 0.358 e. The smallest absolute Gasteiger partial charge is 0.358 e. The number of aryl methyl sites for hydroxylation is 1. The molecule has 0 aliphatic heterocycles. The quantitative estimate of drug-likeness (QED) is 0.854. The van der Waals surface area contributed by atoms with Gasteiger partial charge >= 0.3 is 5.97 Å². The first-order valence-electron chi connectivity index (χ1n) is 5.17. The van der Waals surface area contributed by atoms with Crippen LogP contribution in [0, 0.1) is 0 Å². The Kier molecular flexibility index (Phi) is 4.38. The number of carbonyl (C=O) groups is 1. The van der Waals surface area contributed by atoms with Crippen LogP contribution in [0.5, 0.6) is 0 Å². The lowest BCUT2D eigenvalue weighted by Crippen LogP contribution is -2.01. The van der Waals surface area contributed by atoms with Crippen molar-refractivity contribution in [3.05, 3.63) is 40.6 Å². The van der Waals surface area contributed by atoms with Gasteiger partial charge < -0.3 is 5.11 Å². The molecular weight excluding hydrogens is 318 g/mol. The zero-order chi connectivity index (χ0) is 13.0. The van der Waals surface area contributed by atoms with Crippen LogP contribution in [-0.2, 0) is 6.54 Å². The number of carboxylic acids is 1. The Labute approximate surface area is 116 Å². The lowest BCUT2D eigenvalue weighted by molar-refractivity contribution is 0.0690. The molecule has 0 radical (unpaired) electrons. The number of aromatic carboxylic acids is 1. The number of nitrogens with zero attached hydrogens (tertiary/aromatic N) is 3. The van der Waals surface area contributed by atoms with Crippen molar-refractivity contribution >= 4 is 33.7 Å². The monoisotopic (exact) mass is 327 g/mol. The van der Waals surface area contributed by atoms with Crippen molar-refractivity contribution in [1.29, 1.82) is 0 Å². The highest BCUT2D eigenvalue weighted by Gasteiger charge is 2.07. The summed E-state index contributed by atoms with van der Waals surface area (Å²) < 4.78 is 2.58. The van der Waals surface area contributed by atoms with E-state index in [-0.39, 0.29) is 5.69 Å². The summed E-state index contributed by atoms with van der Waals surface area (Å²) in [5, 5.41) is 16.0. The van der Waals surface area contributed by atoms with Gasteiger partial charge in [0, 0.05) is 15.1 Å². The second kappa shape index (κ2) is 6.01. The highest BCUT2D eigenvalue weighted by molar-refractivity contribution is 9.10. The third kappa shape index (κ3) is 3.58. The van der Waals surface area contributed by atoms with Crippen molar-refractivity contribution < 1.29 is 9.90 Å². The van der Waals surface area contributed by atoms with Crippen LogP contribution >= 0.6 is 27.7 Å². The van der Waals surface area contributed by atoms with Crippen LogP contribution in [0.15, 0.2) is 39.8 Å². The Bertz CT molecular complexity index is 559. The number of benzene rings is 1. The Hall–Kier alpha value is -1.34. The van der Waals surface area contributed by atoms with Gasteiger partial charge in [-0.1, -0.05) is 27.2 Å². The third-order valence-electron chi connectivity index (χ3n) is 2.14. The molecular formula is C11H10BrN3O2S. The molecule has 0 spiro atoms. The van der Waals surface area contributed by atoms with Crippen molar-refractivity contribution in [3.63, 3.8) is 0 Å². The molecule has 2 aromatic rings. The van der Waals surface area contributed by atoms with E-state index in [1.807, 2.05) is 24.3 Å². The highest BCUT2D eigenvalue weighted by atomic mass is 79.9. The molecule has 0 fully saturated rings. The number of hydrogen-bond acceptors (Lipinski definition) is 4. The van der Waals surface area contributed by atoms with Gasteiger partial charge in [0.1, 0.15) is 0 Å². The minimum Gasteiger partial charge on any atom is -0.476 e. The van der Waals surface area contributed by atoms with Crippen molar-refractivity contribution in [2.75, 3.05) is 5.75 Å². The molecule has 94 valence electrons. The summed E-state index contributed by atoms with van der Waals surface area (Å²) in [6.07, 6.45) is 1.43. The summed E-state index contributed by atoms with van der Waals surface area (Å²) in [7, 11) is 0. The standard InChI is InChI=1S/C11H10BrN3O2S/c12-8-2-1-3-9(6-8)18-5-4-15-7-10(11(16)17)13-14-15/h1-3,6-7H,4-5H2,(H,16,17). The first kappa shape index (κ1) is 13.1. The number of rotatable bonds is 5. The molecule has 1 aromatic heterocycles. The predicted octanol–water partition coefficient (Wildman–Crippen LogP) is 2.53. The number of aromatic nitrogens is 3. The molecule has 0 aliphatic carbocycles. The zero-order valence-electron chi connectivity index (χ0n) is 9.28. The van der Waals surface area contributed by atoms with E-state index in [0.29, 0.717) is 6.54 Å². The van der Waals surface area contributed by atoms with Crippen molar-refractivity contribution in [2.45, 2.75) is 11.4 Å². The maximum atomic E-state index is 10.6. The van der Waals surface area contributed by atoms with E-state index in [0.717, 1.165) is 15.1 Å². The molecule has 0 aliphatic rings. The van der Waals surface area contributed by atoms with Gasteiger partial charge in [-0.05, 0) is 18.2 Å². The Morgan fingerprint density at radius 3 is 3.00 bits per heavy atom. The summed E-state index contributed by atoms with van der Waals surface area (Å²) >= 11 is 5.09. The molecule has 0 bridgehead atoms. The molecule has 1 aromatic carbocycles. The number of thioether (sulfide) groups is 1. The van der Waals surface area contributed by atoms with E-state index in [1.54, 1.807) is 11.8 Å². The van der Waals surface area contributed by atoms with Crippen LogP contribution in [0.3, 0.4) is 0 Å². The summed E-state index contributed by atoms with van der Waals surface area (Å²) in [5.41, 5.74) is -0.0255. The molecule has 5 nitrogen and oxygen atoms in total. The maximum absolute atomic E-state index is 10.6. The molecule has 0 atom stereocenters. The van der Waals surface area contributed by atoms with Gasteiger partial charge in [0.05, 0.1) is 12.7 Å². The zero-order valence-corrected chi connectivity index (χ0v) is 11.7. The minimum atomic E-state index is -1.05. The number of carboxylic acid groups (broad SMARTS) is 1. The van der Waals surface area contributed by atoms with E-state index < -0.39 is 5.97 Å². The average molecular weight is 328 g/mol. The van der Waals surface area contributed by atoms with Crippen LogP contribution in [0.25, 0.3) is 0 Å². The van der Waals surface area contributed by atoms with E-state index in [2.05, 4.69) is 26.2 Å². The Balaban J connectivity index is 1.86. The average Bonchev–Trinajstić information content (AvgIpc) is 2.78. The van der Waals surface area contributed by atoms with Gasteiger partial charge in [-0.2, -0.15) is 0 Å². The third-order valence-corrected chi connectivity index (χ3v) is 3.61. The largest absolute Gasteiger partial charge is 0.476 e. The molecule has 0 amide bonds. The van der Waals surface area contributed by atoms with Gasteiger partial charge in [-0.25, -0.2) is 4.79 Å². The van der Waals surface area contributed by atoms with Gasteiger partial charge in [-0.15, -0.1) is 16.9 Å². The second-order valence-corrected chi connectivity index (χ2v) is 5.56. The summed E-state index contributed by atoms with van der Waals surface area (Å²) in [5.74, 6) is -0.250. The lowest BCUT2D eigenvalue weighted by atomic mass is 10.4. The normalized spacial score (nSPS) is 10.5. The van der Waals surface area contributed by atoms with Crippen LogP contribution in [0.1, 0.15) is 10.5 Å². The fourth-order valence-corrected chi connectivity index (χ4v) is 2.77. The summed E-state index contributed by atoms with van der Waals surface area (Å²) in [6, 6.07) is 8.01. The second-order valence-electron chi connectivity index (χ2n) is 3.48. The number of hydrogen-bond donors (Lipinski definition) is 1. The molecule has 2 rings (SSSR count). The van der Waals surface area contributed by atoms with Crippen LogP contribution in [-0.4, -0.2) is 31.8 Å². The fraction of sp³-hybridized carbons (Fsp3) is 0.182. The molecule has 18 heavy (non-hydrogen) atoms. The minimum absolute atomic E-state index is 0.0255. The SMILES string of the molecule is O=C(O)c1cn(CCSc2cccc(Br)c2)nn1. The van der Waals surface area contributed by atoms with Crippen molar-refractivity contribution in [3.8, 4) is 0 Å².